The average Bonchev–Trinajstić information content (AvgIpc) is 3.02. The van der Waals surface area contributed by atoms with Gasteiger partial charge in [-0.05, 0) is 57.5 Å². The quantitative estimate of drug-likeness (QED) is 0.608. The normalized spacial score (nSPS) is 36.8. The maximum Gasteiger partial charge on any atom is 0.126 e. The highest BCUT2D eigenvalue weighted by Crippen LogP contribution is 2.47. The van der Waals surface area contributed by atoms with Crippen molar-refractivity contribution >= 4 is 0 Å². The largest absolute Gasteiger partial charge is 0.378 e. The zero-order chi connectivity index (χ0) is 13.3. The number of allylic oxidation sites excluding steroid dienone is 2. The second-order valence-corrected chi connectivity index (χ2v) is 6.67. The average molecular weight is 259 g/mol. The first kappa shape index (κ1) is 13.2. The van der Waals surface area contributed by atoms with E-state index in [4.69, 9.17) is 0 Å². The van der Waals surface area contributed by atoms with Crippen LogP contribution >= 0.6 is 0 Å². The Labute approximate surface area is 116 Å². The molecule has 3 rings (SSSR count). The van der Waals surface area contributed by atoms with Crippen molar-refractivity contribution in [2.45, 2.75) is 44.6 Å². The van der Waals surface area contributed by atoms with Gasteiger partial charge < -0.3 is 5.11 Å². The van der Waals surface area contributed by atoms with Crippen LogP contribution in [-0.4, -0.2) is 35.2 Å². The van der Waals surface area contributed by atoms with E-state index in [0.29, 0.717) is 17.8 Å². The van der Waals surface area contributed by atoms with Gasteiger partial charge in [-0.2, -0.15) is 0 Å². The van der Waals surface area contributed by atoms with Gasteiger partial charge in [-0.15, -0.1) is 0 Å². The van der Waals surface area contributed by atoms with Crippen molar-refractivity contribution in [2.75, 3.05) is 19.6 Å². The lowest BCUT2D eigenvalue weighted by atomic mass is 9.80. The summed E-state index contributed by atoms with van der Waals surface area (Å²) in [5.41, 5.74) is -0.806. The number of hydrogen-bond donors (Lipinski definition) is 1. The summed E-state index contributed by atoms with van der Waals surface area (Å²) in [5.74, 6) is 8.00. The number of likely N-dealkylation sites (tertiary alicyclic amines) is 1. The van der Waals surface area contributed by atoms with Gasteiger partial charge in [0.05, 0.1) is 6.54 Å². The van der Waals surface area contributed by atoms with Crippen molar-refractivity contribution in [2.24, 2.45) is 17.8 Å². The predicted molar refractivity (Wildman–Crippen MR) is 77.5 cm³/mol. The van der Waals surface area contributed by atoms with Gasteiger partial charge in [-0.3, -0.25) is 4.90 Å². The highest BCUT2D eigenvalue weighted by molar-refractivity contribution is 5.22. The molecule has 0 aromatic rings. The number of nitrogens with zero attached hydrogens (tertiary/aromatic N) is 1. The van der Waals surface area contributed by atoms with Gasteiger partial charge in [-0.25, -0.2) is 0 Å². The van der Waals surface area contributed by atoms with E-state index in [9.17, 15) is 5.11 Å². The van der Waals surface area contributed by atoms with Gasteiger partial charge in [-0.1, -0.05) is 30.4 Å². The molecule has 2 fully saturated rings. The number of hydrogen-bond acceptors (Lipinski definition) is 2. The summed E-state index contributed by atoms with van der Waals surface area (Å²) in [5, 5.41) is 10.6. The summed E-state index contributed by atoms with van der Waals surface area (Å²) >= 11 is 0. The molecule has 0 spiro atoms. The van der Waals surface area contributed by atoms with Gasteiger partial charge in [0, 0.05) is 5.92 Å². The van der Waals surface area contributed by atoms with Crippen LogP contribution in [-0.2, 0) is 0 Å². The van der Waals surface area contributed by atoms with Crippen LogP contribution in [0, 0.1) is 29.6 Å². The van der Waals surface area contributed by atoms with Gasteiger partial charge >= 0.3 is 0 Å². The zero-order valence-electron chi connectivity index (χ0n) is 11.9. The van der Waals surface area contributed by atoms with E-state index < -0.39 is 5.60 Å². The maximum atomic E-state index is 10.6. The van der Waals surface area contributed by atoms with Crippen LogP contribution < -0.4 is 0 Å². The molecule has 1 saturated carbocycles. The predicted octanol–water partition coefficient (Wildman–Crippen LogP) is 2.44. The lowest BCUT2D eigenvalue weighted by molar-refractivity contribution is 0.0431. The molecule has 0 unspecified atom stereocenters. The number of fused-ring (bicyclic) bond motifs is 2. The van der Waals surface area contributed by atoms with Crippen molar-refractivity contribution < 1.29 is 5.11 Å². The van der Waals surface area contributed by atoms with E-state index in [1.807, 2.05) is 6.92 Å². The van der Waals surface area contributed by atoms with Gasteiger partial charge in [0.2, 0.25) is 0 Å². The molecule has 2 aliphatic carbocycles. The molecule has 0 amide bonds. The first-order chi connectivity index (χ1) is 9.15. The molecule has 1 heterocycles. The molecular weight excluding hydrogens is 234 g/mol. The molecule has 1 N–H and O–H groups in total. The van der Waals surface area contributed by atoms with Gasteiger partial charge in [0.25, 0.3) is 0 Å². The molecule has 0 aromatic heterocycles. The Morgan fingerprint density at radius 1 is 1.21 bits per heavy atom. The Morgan fingerprint density at radius 3 is 2.63 bits per heavy atom. The third kappa shape index (κ3) is 2.88. The molecule has 19 heavy (non-hydrogen) atoms. The van der Waals surface area contributed by atoms with E-state index in [0.717, 1.165) is 13.0 Å². The standard InChI is InChI=1S/C17H25NO/c1-17(19,16-13-14-6-7-15(16)12-14)8-5-11-18-9-3-2-4-10-18/h6-7,14-16,19H,2-4,9-13H2,1H3/t14-,15-,16+,17+/m1/s1. The smallest absolute Gasteiger partial charge is 0.126 e. The molecule has 2 heteroatoms. The highest BCUT2D eigenvalue weighted by atomic mass is 16.3. The molecule has 2 nitrogen and oxygen atoms in total. The van der Waals surface area contributed by atoms with Crippen molar-refractivity contribution in [3.63, 3.8) is 0 Å². The van der Waals surface area contributed by atoms with Crippen molar-refractivity contribution in [1.29, 1.82) is 0 Å². The molecule has 0 radical (unpaired) electrons. The Hall–Kier alpha value is -0.780. The Morgan fingerprint density at radius 2 is 2.00 bits per heavy atom. The van der Waals surface area contributed by atoms with Crippen molar-refractivity contribution in [3.8, 4) is 11.8 Å². The summed E-state index contributed by atoms with van der Waals surface area (Å²) in [6, 6.07) is 0. The summed E-state index contributed by atoms with van der Waals surface area (Å²) in [6.45, 7) is 5.09. The molecule has 3 aliphatic rings. The minimum atomic E-state index is -0.806. The monoisotopic (exact) mass is 259 g/mol. The van der Waals surface area contributed by atoms with E-state index >= 15 is 0 Å². The lowest BCUT2D eigenvalue weighted by Crippen LogP contribution is -2.36. The number of piperidine rings is 1. The second kappa shape index (κ2) is 5.31. The van der Waals surface area contributed by atoms with E-state index in [-0.39, 0.29) is 0 Å². The molecule has 0 aromatic carbocycles. The van der Waals surface area contributed by atoms with Gasteiger partial charge in [0.15, 0.2) is 0 Å². The summed E-state index contributed by atoms with van der Waals surface area (Å²) in [6.07, 6.45) is 10.9. The van der Waals surface area contributed by atoms with Gasteiger partial charge in [0.1, 0.15) is 5.60 Å². The summed E-state index contributed by atoms with van der Waals surface area (Å²) in [4.78, 5) is 2.41. The summed E-state index contributed by atoms with van der Waals surface area (Å²) in [7, 11) is 0. The fraction of sp³-hybridized carbons (Fsp3) is 0.765. The topological polar surface area (TPSA) is 23.5 Å². The van der Waals surface area contributed by atoms with Crippen LogP contribution in [0.15, 0.2) is 12.2 Å². The molecule has 2 bridgehead atoms. The van der Waals surface area contributed by atoms with E-state index in [1.54, 1.807) is 0 Å². The molecule has 4 atom stereocenters. The molecule has 1 aliphatic heterocycles. The first-order valence-electron chi connectivity index (χ1n) is 7.78. The fourth-order valence-corrected chi connectivity index (χ4v) is 3.97. The van der Waals surface area contributed by atoms with Crippen LogP contribution in [0.3, 0.4) is 0 Å². The highest BCUT2D eigenvalue weighted by Gasteiger charge is 2.44. The lowest BCUT2D eigenvalue weighted by Gasteiger charge is -2.30. The Bertz CT molecular complexity index is 409. The number of aliphatic hydroxyl groups is 1. The third-order valence-electron chi connectivity index (χ3n) is 5.09. The van der Waals surface area contributed by atoms with Crippen LogP contribution in [0.25, 0.3) is 0 Å². The zero-order valence-corrected chi connectivity index (χ0v) is 11.9. The Balaban J connectivity index is 1.57. The van der Waals surface area contributed by atoms with E-state index in [2.05, 4.69) is 28.9 Å². The Kier molecular flexibility index (Phi) is 3.69. The number of rotatable bonds is 2. The van der Waals surface area contributed by atoms with Crippen molar-refractivity contribution in [3.05, 3.63) is 12.2 Å². The maximum absolute atomic E-state index is 10.6. The second-order valence-electron chi connectivity index (χ2n) is 6.67. The van der Waals surface area contributed by atoms with E-state index in [1.165, 1.54) is 38.8 Å². The van der Waals surface area contributed by atoms with Crippen LogP contribution in [0.1, 0.15) is 39.0 Å². The van der Waals surface area contributed by atoms with Crippen LogP contribution in [0.5, 0.6) is 0 Å². The summed E-state index contributed by atoms with van der Waals surface area (Å²) < 4.78 is 0. The van der Waals surface area contributed by atoms with Crippen LogP contribution in [0.2, 0.25) is 0 Å². The van der Waals surface area contributed by atoms with Crippen molar-refractivity contribution in [1.82, 2.24) is 4.90 Å². The molecule has 1 saturated heterocycles. The third-order valence-corrected chi connectivity index (χ3v) is 5.09. The fourth-order valence-electron chi connectivity index (χ4n) is 3.97. The van der Waals surface area contributed by atoms with Crippen LogP contribution in [0.4, 0.5) is 0 Å². The molecular formula is C17H25NO. The minimum absolute atomic E-state index is 0.344. The molecule has 104 valence electrons. The SMILES string of the molecule is C[C@](O)(C#CCN1CCCCC1)[C@H]1C[C@@H]2C=C[C@@H]1C2. The minimum Gasteiger partial charge on any atom is -0.378 e. The first-order valence-corrected chi connectivity index (χ1v) is 7.78.